The van der Waals surface area contributed by atoms with Crippen LogP contribution in [-0.4, -0.2) is 70.9 Å². The Labute approximate surface area is 159 Å². The van der Waals surface area contributed by atoms with E-state index in [2.05, 4.69) is 0 Å². The molecule has 3 heterocycles. The van der Waals surface area contributed by atoms with Gasteiger partial charge in [-0.05, 0) is 32.9 Å². The maximum Gasteiger partial charge on any atom is 0.410 e. The summed E-state index contributed by atoms with van der Waals surface area (Å²) in [5.41, 5.74) is -0.536. The Morgan fingerprint density at radius 3 is 2.44 bits per heavy atom. The van der Waals surface area contributed by atoms with Gasteiger partial charge in [-0.1, -0.05) is 0 Å². The Kier molecular flexibility index (Phi) is 5.43. The lowest BCUT2D eigenvalue weighted by molar-refractivity contribution is -0.137. The van der Waals surface area contributed by atoms with E-state index in [0.717, 1.165) is 0 Å². The molecule has 1 aromatic rings. The number of amides is 3. The Morgan fingerprint density at radius 2 is 1.85 bits per heavy atom. The van der Waals surface area contributed by atoms with Gasteiger partial charge in [0.1, 0.15) is 11.4 Å². The summed E-state index contributed by atoms with van der Waals surface area (Å²) < 4.78 is 10.7. The first-order valence-electron chi connectivity index (χ1n) is 9.30. The van der Waals surface area contributed by atoms with E-state index in [-0.39, 0.29) is 30.2 Å². The van der Waals surface area contributed by atoms with Gasteiger partial charge >= 0.3 is 6.09 Å². The molecule has 2 fully saturated rings. The first-order chi connectivity index (χ1) is 12.7. The summed E-state index contributed by atoms with van der Waals surface area (Å²) in [6, 6.07) is 3.60. The van der Waals surface area contributed by atoms with Gasteiger partial charge in [-0.25, -0.2) is 4.79 Å². The first-order valence-corrected chi connectivity index (χ1v) is 9.30. The molecule has 27 heavy (non-hydrogen) atoms. The molecule has 2 saturated heterocycles. The standard InChI is InChI=1S/C19H27N3O5/c1-19(2,3)27-18(25)21-8-6-20(7-9-21)17(24)14-11-16(23)22(12-14)13-15-5-4-10-26-15/h4-5,10,14H,6-9,11-13H2,1-3H3/t14-/m1/s1. The Hall–Kier alpha value is -2.51. The molecule has 0 spiro atoms. The molecular formula is C19H27N3O5. The number of hydrogen-bond donors (Lipinski definition) is 0. The number of furan rings is 1. The van der Waals surface area contributed by atoms with Gasteiger partial charge in [-0.2, -0.15) is 0 Å². The molecule has 0 radical (unpaired) electrons. The van der Waals surface area contributed by atoms with E-state index < -0.39 is 5.60 Å². The van der Waals surface area contributed by atoms with Crippen molar-refractivity contribution < 1.29 is 23.5 Å². The predicted molar refractivity (Wildman–Crippen MR) is 96.6 cm³/mol. The highest BCUT2D eigenvalue weighted by Gasteiger charge is 2.38. The number of rotatable bonds is 3. The first kappa shape index (κ1) is 19.3. The van der Waals surface area contributed by atoms with Crippen LogP contribution in [0.2, 0.25) is 0 Å². The summed E-state index contributed by atoms with van der Waals surface area (Å²) in [6.07, 6.45) is 1.45. The highest BCUT2D eigenvalue weighted by atomic mass is 16.6. The zero-order valence-corrected chi connectivity index (χ0v) is 16.1. The number of carbonyl (C=O) groups excluding carboxylic acids is 3. The van der Waals surface area contributed by atoms with Crippen molar-refractivity contribution in [3.05, 3.63) is 24.2 Å². The van der Waals surface area contributed by atoms with Crippen LogP contribution in [0.15, 0.2) is 22.8 Å². The number of likely N-dealkylation sites (tertiary alicyclic amines) is 1. The lowest BCUT2D eigenvalue weighted by atomic mass is 10.1. The van der Waals surface area contributed by atoms with E-state index in [1.165, 1.54) is 0 Å². The van der Waals surface area contributed by atoms with Crippen LogP contribution in [0, 0.1) is 5.92 Å². The van der Waals surface area contributed by atoms with Gasteiger partial charge in [0.05, 0.1) is 18.7 Å². The molecule has 0 unspecified atom stereocenters. The fraction of sp³-hybridized carbons (Fsp3) is 0.632. The molecule has 148 valence electrons. The van der Waals surface area contributed by atoms with Crippen LogP contribution in [0.4, 0.5) is 4.79 Å². The summed E-state index contributed by atoms with van der Waals surface area (Å²) in [7, 11) is 0. The summed E-state index contributed by atoms with van der Waals surface area (Å²) in [5.74, 6) is 0.328. The van der Waals surface area contributed by atoms with E-state index in [1.54, 1.807) is 27.0 Å². The van der Waals surface area contributed by atoms with Crippen LogP contribution < -0.4 is 0 Å². The van der Waals surface area contributed by atoms with Gasteiger partial charge in [0.2, 0.25) is 11.8 Å². The van der Waals surface area contributed by atoms with Crippen molar-refractivity contribution in [1.29, 1.82) is 0 Å². The maximum atomic E-state index is 12.8. The zero-order valence-electron chi connectivity index (χ0n) is 16.1. The van der Waals surface area contributed by atoms with Crippen molar-refractivity contribution in [3.8, 4) is 0 Å². The average molecular weight is 377 g/mol. The quantitative estimate of drug-likeness (QED) is 0.801. The minimum atomic E-state index is -0.536. The second-order valence-electron chi connectivity index (χ2n) is 8.05. The van der Waals surface area contributed by atoms with Crippen molar-refractivity contribution in [2.45, 2.75) is 39.3 Å². The van der Waals surface area contributed by atoms with Crippen LogP contribution >= 0.6 is 0 Å². The maximum absolute atomic E-state index is 12.8. The largest absolute Gasteiger partial charge is 0.467 e. The lowest BCUT2D eigenvalue weighted by Gasteiger charge is -2.36. The topological polar surface area (TPSA) is 83.3 Å². The van der Waals surface area contributed by atoms with Gasteiger partial charge in [-0.15, -0.1) is 0 Å². The smallest absolute Gasteiger partial charge is 0.410 e. The highest BCUT2D eigenvalue weighted by Crippen LogP contribution is 2.23. The minimum Gasteiger partial charge on any atom is -0.467 e. The van der Waals surface area contributed by atoms with Gasteiger partial charge in [-0.3, -0.25) is 9.59 Å². The van der Waals surface area contributed by atoms with Gasteiger partial charge < -0.3 is 23.9 Å². The third kappa shape index (κ3) is 4.81. The Balaban J connectivity index is 1.49. The molecule has 0 bridgehead atoms. The molecule has 0 saturated carbocycles. The van der Waals surface area contributed by atoms with Crippen LogP contribution in [0.5, 0.6) is 0 Å². The summed E-state index contributed by atoms with van der Waals surface area (Å²) >= 11 is 0. The van der Waals surface area contributed by atoms with E-state index in [0.29, 0.717) is 45.0 Å². The Morgan fingerprint density at radius 1 is 1.19 bits per heavy atom. The third-order valence-corrected chi connectivity index (χ3v) is 4.73. The lowest BCUT2D eigenvalue weighted by Crippen LogP contribution is -2.53. The molecule has 1 aromatic heterocycles. The fourth-order valence-corrected chi connectivity index (χ4v) is 3.38. The van der Waals surface area contributed by atoms with Crippen LogP contribution in [0.25, 0.3) is 0 Å². The fourth-order valence-electron chi connectivity index (χ4n) is 3.38. The SMILES string of the molecule is CC(C)(C)OC(=O)N1CCN(C(=O)[C@@H]2CC(=O)N(Cc3ccco3)C2)CC1. The molecule has 3 amide bonds. The average Bonchev–Trinajstić information content (AvgIpc) is 3.23. The molecule has 0 N–H and O–H groups in total. The van der Waals surface area contributed by atoms with E-state index in [4.69, 9.17) is 9.15 Å². The number of hydrogen-bond acceptors (Lipinski definition) is 5. The molecule has 8 heteroatoms. The number of nitrogens with zero attached hydrogens (tertiary/aromatic N) is 3. The predicted octanol–water partition coefficient (Wildman–Crippen LogP) is 1.71. The van der Waals surface area contributed by atoms with E-state index >= 15 is 0 Å². The molecule has 0 aliphatic carbocycles. The van der Waals surface area contributed by atoms with Gasteiger partial charge in [0, 0.05) is 39.1 Å². The van der Waals surface area contributed by atoms with Gasteiger partial charge in [0.25, 0.3) is 0 Å². The van der Waals surface area contributed by atoms with Crippen LogP contribution in [0.3, 0.4) is 0 Å². The molecule has 8 nitrogen and oxygen atoms in total. The number of ether oxygens (including phenoxy) is 1. The highest BCUT2D eigenvalue weighted by molar-refractivity contribution is 5.89. The van der Waals surface area contributed by atoms with Gasteiger partial charge in [0.15, 0.2) is 0 Å². The number of carbonyl (C=O) groups is 3. The molecule has 1 atom stereocenters. The third-order valence-electron chi connectivity index (χ3n) is 4.73. The van der Waals surface area contributed by atoms with Crippen molar-refractivity contribution in [1.82, 2.24) is 14.7 Å². The molecular weight excluding hydrogens is 350 g/mol. The zero-order chi connectivity index (χ0) is 19.6. The molecule has 2 aliphatic rings. The Bertz CT molecular complexity index is 687. The minimum absolute atomic E-state index is 0.0193. The van der Waals surface area contributed by atoms with Crippen LogP contribution in [0.1, 0.15) is 33.0 Å². The molecule has 2 aliphatic heterocycles. The summed E-state index contributed by atoms with van der Waals surface area (Å²) in [5, 5.41) is 0. The summed E-state index contributed by atoms with van der Waals surface area (Å²) in [6.45, 7) is 8.09. The van der Waals surface area contributed by atoms with E-state index in [1.807, 2.05) is 26.8 Å². The van der Waals surface area contributed by atoms with E-state index in [9.17, 15) is 14.4 Å². The summed E-state index contributed by atoms with van der Waals surface area (Å²) in [4.78, 5) is 42.2. The monoisotopic (exact) mass is 377 g/mol. The second kappa shape index (κ2) is 7.62. The molecule has 3 rings (SSSR count). The number of piperazine rings is 1. The van der Waals surface area contributed by atoms with Crippen molar-refractivity contribution in [2.75, 3.05) is 32.7 Å². The normalized spacial score (nSPS) is 20.9. The van der Waals surface area contributed by atoms with Crippen molar-refractivity contribution in [3.63, 3.8) is 0 Å². The van der Waals surface area contributed by atoms with Crippen molar-refractivity contribution >= 4 is 17.9 Å². The van der Waals surface area contributed by atoms with Crippen LogP contribution in [-0.2, 0) is 20.9 Å². The van der Waals surface area contributed by atoms with Crippen molar-refractivity contribution in [2.24, 2.45) is 5.92 Å². The molecule has 0 aromatic carbocycles. The second-order valence-corrected chi connectivity index (χ2v) is 8.05.